The van der Waals surface area contributed by atoms with Crippen molar-refractivity contribution in [2.75, 3.05) is 0 Å². The van der Waals surface area contributed by atoms with Gasteiger partial charge in [0.25, 0.3) is 0 Å². The highest BCUT2D eigenvalue weighted by molar-refractivity contribution is 5.92. The molecule has 5 rings (SSSR count). The molecule has 0 saturated heterocycles. The predicted molar refractivity (Wildman–Crippen MR) is 111 cm³/mol. The minimum absolute atomic E-state index is 0.0271. The zero-order valence-electron chi connectivity index (χ0n) is 16.2. The number of carboxylic acids is 1. The van der Waals surface area contributed by atoms with E-state index in [1.807, 2.05) is 30.3 Å². The zero-order valence-corrected chi connectivity index (χ0v) is 16.2. The third-order valence-electron chi connectivity index (χ3n) is 5.85. The van der Waals surface area contributed by atoms with Crippen molar-refractivity contribution in [2.45, 2.75) is 44.1 Å². The van der Waals surface area contributed by atoms with Crippen LogP contribution in [-0.4, -0.2) is 26.3 Å². The van der Waals surface area contributed by atoms with Gasteiger partial charge < -0.3 is 9.67 Å². The first-order valence-electron chi connectivity index (χ1n) is 10.1. The average Bonchev–Trinajstić information content (AvgIpc) is 3.47. The minimum Gasteiger partial charge on any atom is -0.477 e. The first kappa shape index (κ1) is 18.7. The number of para-hydroxylation sites is 1. The Balaban J connectivity index is 1.56. The fourth-order valence-corrected chi connectivity index (χ4v) is 4.18. The number of hydrogen-bond donors (Lipinski definition) is 1. The normalized spacial score (nSPS) is 20.2. The molecule has 2 aliphatic carbocycles. The standard InChI is InChI=1S/C23H20FN3O3/c24-19-11-17-21(28)18(23(29)30)12-27(16-8-9-16)22(17)26-20(19)13-6-7-15(10-13)25-14-4-2-1-3-5-14/h1-5,11-13,16H,6-10H2,(H,29,30)/b25-15-. The lowest BCUT2D eigenvalue weighted by molar-refractivity contribution is 0.0695. The topological polar surface area (TPSA) is 84.5 Å². The number of pyridine rings is 2. The second-order valence-electron chi connectivity index (χ2n) is 8.00. The Bertz CT molecular complexity index is 1250. The molecular weight excluding hydrogens is 385 g/mol. The Labute approximate surface area is 171 Å². The summed E-state index contributed by atoms with van der Waals surface area (Å²) in [5, 5.41) is 9.38. The van der Waals surface area contributed by atoms with E-state index in [0.29, 0.717) is 17.8 Å². The van der Waals surface area contributed by atoms with Gasteiger partial charge >= 0.3 is 5.97 Å². The number of benzene rings is 1. The van der Waals surface area contributed by atoms with Crippen LogP contribution in [0.1, 0.15) is 60.1 Å². The summed E-state index contributed by atoms with van der Waals surface area (Å²) in [7, 11) is 0. The monoisotopic (exact) mass is 405 g/mol. The zero-order chi connectivity index (χ0) is 20.8. The van der Waals surface area contributed by atoms with Gasteiger partial charge in [-0.15, -0.1) is 0 Å². The number of rotatable bonds is 4. The van der Waals surface area contributed by atoms with Crippen LogP contribution < -0.4 is 5.43 Å². The molecular formula is C23H20FN3O3. The highest BCUT2D eigenvalue weighted by Gasteiger charge is 2.31. The van der Waals surface area contributed by atoms with Crippen LogP contribution in [0, 0.1) is 5.82 Å². The Hall–Kier alpha value is -3.35. The van der Waals surface area contributed by atoms with Crippen molar-refractivity contribution in [3.05, 3.63) is 69.9 Å². The lowest BCUT2D eigenvalue weighted by atomic mass is 10.0. The molecule has 0 radical (unpaired) electrons. The number of nitrogens with zero attached hydrogens (tertiary/aromatic N) is 3. The van der Waals surface area contributed by atoms with E-state index in [4.69, 9.17) is 0 Å². The Morgan fingerprint density at radius 1 is 1.20 bits per heavy atom. The largest absolute Gasteiger partial charge is 0.477 e. The summed E-state index contributed by atoms with van der Waals surface area (Å²) in [6.45, 7) is 0. The van der Waals surface area contributed by atoms with Crippen LogP contribution in [0.25, 0.3) is 11.0 Å². The van der Waals surface area contributed by atoms with Gasteiger partial charge in [-0.3, -0.25) is 9.79 Å². The maximum Gasteiger partial charge on any atom is 0.341 e. The highest BCUT2D eigenvalue weighted by atomic mass is 19.1. The van der Waals surface area contributed by atoms with Gasteiger partial charge in [-0.25, -0.2) is 14.2 Å². The number of aliphatic imine (C=N–C) groups is 1. The van der Waals surface area contributed by atoms with Crippen LogP contribution >= 0.6 is 0 Å². The van der Waals surface area contributed by atoms with Crippen LogP contribution in [0.4, 0.5) is 10.1 Å². The average molecular weight is 405 g/mol. The van der Waals surface area contributed by atoms with Crippen molar-refractivity contribution < 1.29 is 14.3 Å². The van der Waals surface area contributed by atoms with E-state index in [1.165, 1.54) is 6.20 Å². The fourth-order valence-electron chi connectivity index (χ4n) is 4.18. The summed E-state index contributed by atoms with van der Waals surface area (Å²) in [4.78, 5) is 33.3. The molecule has 0 amide bonds. The van der Waals surface area contributed by atoms with Gasteiger partial charge in [-0.05, 0) is 50.3 Å². The Morgan fingerprint density at radius 2 is 1.97 bits per heavy atom. The molecule has 2 aliphatic rings. The summed E-state index contributed by atoms with van der Waals surface area (Å²) in [5.41, 5.74) is 1.55. The Kier molecular flexibility index (Phi) is 4.46. The van der Waals surface area contributed by atoms with E-state index in [1.54, 1.807) is 4.57 Å². The number of fused-ring (bicyclic) bond motifs is 1. The van der Waals surface area contributed by atoms with Gasteiger partial charge in [-0.1, -0.05) is 18.2 Å². The maximum atomic E-state index is 15.0. The first-order chi connectivity index (χ1) is 14.5. The van der Waals surface area contributed by atoms with E-state index >= 15 is 0 Å². The van der Waals surface area contributed by atoms with Crippen molar-refractivity contribution in [3.63, 3.8) is 0 Å². The predicted octanol–water partition coefficient (Wildman–Crippen LogP) is 4.61. The number of aromatic nitrogens is 2. The first-order valence-corrected chi connectivity index (χ1v) is 10.1. The van der Waals surface area contributed by atoms with Gasteiger partial charge in [0.1, 0.15) is 17.0 Å². The van der Waals surface area contributed by atoms with Crippen LogP contribution in [0.15, 0.2) is 52.4 Å². The molecule has 30 heavy (non-hydrogen) atoms. The van der Waals surface area contributed by atoms with Gasteiger partial charge in [0.2, 0.25) is 5.43 Å². The lowest BCUT2D eigenvalue weighted by Gasteiger charge is -2.15. The minimum atomic E-state index is -1.31. The molecule has 1 unspecified atom stereocenters. The summed E-state index contributed by atoms with van der Waals surface area (Å²) in [6, 6.07) is 10.9. The molecule has 152 valence electrons. The van der Waals surface area contributed by atoms with E-state index in [-0.39, 0.29) is 22.9 Å². The van der Waals surface area contributed by atoms with Crippen LogP contribution in [-0.2, 0) is 0 Å². The third kappa shape index (κ3) is 3.30. The van der Waals surface area contributed by atoms with Gasteiger partial charge in [-0.2, -0.15) is 0 Å². The second-order valence-corrected chi connectivity index (χ2v) is 8.00. The Morgan fingerprint density at radius 3 is 2.67 bits per heavy atom. The second kappa shape index (κ2) is 7.16. The molecule has 1 aromatic carbocycles. The SMILES string of the molecule is O=C(O)c1cn(C2CC2)c2nc(C3CC/C(=N/c4ccccc4)C3)c(F)cc2c1=O. The third-order valence-corrected chi connectivity index (χ3v) is 5.85. The fraction of sp³-hybridized carbons (Fsp3) is 0.304. The van der Waals surface area contributed by atoms with E-state index in [2.05, 4.69) is 9.98 Å². The van der Waals surface area contributed by atoms with E-state index in [0.717, 1.165) is 43.1 Å². The molecule has 0 bridgehead atoms. The lowest BCUT2D eigenvalue weighted by Crippen LogP contribution is -2.20. The van der Waals surface area contributed by atoms with Crippen molar-refractivity contribution >= 4 is 28.4 Å². The summed E-state index contributed by atoms with van der Waals surface area (Å²) in [5.74, 6) is -1.98. The molecule has 0 aliphatic heterocycles. The number of halogens is 1. The molecule has 3 aromatic rings. The number of carboxylic acid groups (broad SMARTS) is 1. The number of aromatic carboxylic acids is 1. The number of carbonyl (C=O) groups is 1. The van der Waals surface area contributed by atoms with E-state index in [9.17, 15) is 19.1 Å². The molecule has 2 heterocycles. The van der Waals surface area contributed by atoms with Gasteiger partial charge in [0.15, 0.2) is 0 Å². The molecule has 2 aromatic heterocycles. The van der Waals surface area contributed by atoms with Crippen LogP contribution in [0.3, 0.4) is 0 Å². The summed E-state index contributed by atoms with van der Waals surface area (Å²) < 4.78 is 16.7. The quantitative estimate of drug-likeness (QED) is 0.687. The van der Waals surface area contributed by atoms with Gasteiger partial charge in [0.05, 0.1) is 16.8 Å². The van der Waals surface area contributed by atoms with Gasteiger partial charge in [0, 0.05) is 23.9 Å². The summed E-state index contributed by atoms with van der Waals surface area (Å²) in [6.07, 6.45) is 5.26. The number of hydrogen-bond acceptors (Lipinski definition) is 4. The molecule has 1 N–H and O–H groups in total. The highest BCUT2D eigenvalue weighted by Crippen LogP contribution is 2.38. The molecule has 7 heteroatoms. The maximum absolute atomic E-state index is 15.0. The van der Waals surface area contributed by atoms with E-state index < -0.39 is 17.2 Å². The van der Waals surface area contributed by atoms with Crippen molar-refractivity contribution in [2.24, 2.45) is 4.99 Å². The van der Waals surface area contributed by atoms with Crippen molar-refractivity contribution in [1.29, 1.82) is 0 Å². The van der Waals surface area contributed by atoms with Crippen molar-refractivity contribution in [1.82, 2.24) is 9.55 Å². The van der Waals surface area contributed by atoms with Crippen molar-refractivity contribution in [3.8, 4) is 0 Å². The molecule has 2 saturated carbocycles. The summed E-state index contributed by atoms with van der Waals surface area (Å²) >= 11 is 0. The smallest absolute Gasteiger partial charge is 0.341 e. The molecule has 0 spiro atoms. The van der Waals surface area contributed by atoms with Crippen LogP contribution in [0.2, 0.25) is 0 Å². The molecule has 6 nitrogen and oxygen atoms in total. The van der Waals surface area contributed by atoms with Crippen LogP contribution in [0.5, 0.6) is 0 Å². The molecule has 1 atom stereocenters. The molecule has 2 fully saturated rings.